The van der Waals surface area contributed by atoms with Gasteiger partial charge in [-0.1, -0.05) is 71.9 Å². The molecule has 0 unspecified atom stereocenters. The molecule has 6 heteroatoms. The summed E-state index contributed by atoms with van der Waals surface area (Å²) >= 11 is 3.37. The van der Waals surface area contributed by atoms with Crippen LogP contribution in [0.3, 0.4) is 0 Å². The molecule has 0 aliphatic carbocycles. The number of aromatic hydroxyl groups is 1. The van der Waals surface area contributed by atoms with Gasteiger partial charge in [-0.05, 0) is 47.3 Å². The Hall–Kier alpha value is -2.18. The third kappa shape index (κ3) is 6.38. The Morgan fingerprint density at radius 3 is 2.17 bits per heavy atom. The average Bonchev–Trinajstić information content (AvgIpc) is 3.15. The standard InChI is InChI=1S/C30H41BrN2O3/c1-29(2,3)23-16-22(17-24(27(23)35)30(4,5)6)25(34)19-33-18-21(14-11-15-36-7)26(28(33)32-31)20-12-9-8-10-13-20/h8-10,12-13,16-17,21,26,35H,11,14-15,18-19H2,1-7H3/b32-28-/t21-,26+/m0/s1. The molecule has 196 valence electrons. The molecule has 5 nitrogen and oxygen atoms in total. The van der Waals surface area contributed by atoms with Gasteiger partial charge in [-0.25, -0.2) is 0 Å². The van der Waals surface area contributed by atoms with Crippen LogP contribution in [0.5, 0.6) is 5.75 Å². The first-order chi connectivity index (χ1) is 16.9. The van der Waals surface area contributed by atoms with E-state index < -0.39 is 0 Å². The average molecular weight is 558 g/mol. The highest BCUT2D eigenvalue weighted by Crippen LogP contribution is 2.41. The van der Waals surface area contributed by atoms with Crippen molar-refractivity contribution in [2.24, 2.45) is 9.94 Å². The fourth-order valence-corrected chi connectivity index (χ4v) is 5.62. The van der Waals surface area contributed by atoms with Gasteiger partial charge in [0.2, 0.25) is 0 Å². The number of benzene rings is 2. The van der Waals surface area contributed by atoms with Gasteiger partial charge in [0.25, 0.3) is 0 Å². The maximum atomic E-state index is 13.7. The van der Waals surface area contributed by atoms with Crippen LogP contribution < -0.4 is 0 Å². The van der Waals surface area contributed by atoms with E-state index in [9.17, 15) is 9.90 Å². The maximum absolute atomic E-state index is 13.7. The number of hydrogen-bond acceptors (Lipinski definition) is 4. The Kier molecular flexibility index (Phi) is 9.05. The first kappa shape index (κ1) is 28.4. The summed E-state index contributed by atoms with van der Waals surface area (Å²) in [5.74, 6) is 1.66. The molecule has 1 heterocycles. The molecule has 0 bridgehead atoms. The summed E-state index contributed by atoms with van der Waals surface area (Å²) in [6.45, 7) is 14.1. The number of phenolic OH excluding ortho intramolecular Hbond substituents is 1. The summed E-state index contributed by atoms with van der Waals surface area (Å²) in [6, 6.07) is 14.2. The molecule has 2 atom stereocenters. The summed E-state index contributed by atoms with van der Waals surface area (Å²) < 4.78 is 9.82. The van der Waals surface area contributed by atoms with Crippen molar-refractivity contribution in [3.8, 4) is 5.75 Å². The Bertz CT molecular complexity index is 1050. The van der Waals surface area contributed by atoms with E-state index in [2.05, 4.69) is 90.9 Å². The Morgan fingerprint density at radius 2 is 1.67 bits per heavy atom. The van der Waals surface area contributed by atoms with Crippen molar-refractivity contribution in [2.75, 3.05) is 26.8 Å². The summed E-state index contributed by atoms with van der Waals surface area (Å²) in [4.78, 5) is 15.8. The van der Waals surface area contributed by atoms with Crippen molar-refractivity contribution >= 4 is 27.8 Å². The van der Waals surface area contributed by atoms with Crippen LogP contribution in [0.15, 0.2) is 46.5 Å². The number of carbonyl (C=O) groups excluding carboxylic acids is 1. The predicted octanol–water partition coefficient (Wildman–Crippen LogP) is 7.02. The normalized spacial score (nSPS) is 19.8. The monoisotopic (exact) mass is 556 g/mol. The highest BCUT2D eigenvalue weighted by atomic mass is 79.9. The fourth-order valence-electron chi connectivity index (χ4n) is 5.17. The summed E-state index contributed by atoms with van der Waals surface area (Å²) in [6.07, 6.45) is 1.95. The number of ketones is 1. The van der Waals surface area contributed by atoms with Gasteiger partial charge in [-0.15, -0.1) is 0 Å². The van der Waals surface area contributed by atoms with Gasteiger partial charge in [0.15, 0.2) is 5.78 Å². The smallest absolute Gasteiger partial charge is 0.182 e. The second kappa shape index (κ2) is 11.5. The molecular formula is C30H41BrN2O3. The van der Waals surface area contributed by atoms with E-state index in [0.29, 0.717) is 11.5 Å². The number of likely N-dealkylation sites (tertiary alicyclic amines) is 1. The van der Waals surface area contributed by atoms with E-state index in [1.807, 2.05) is 18.2 Å². The molecule has 1 fully saturated rings. The van der Waals surface area contributed by atoms with Crippen LogP contribution >= 0.6 is 16.1 Å². The number of Topliss-reactive ketones (excluding diaryl/α,β-unsaturated/α-hetero) is 1. The van der Waals surface area contributed by atoms with Crippen LogP contribution in [0.1, 0.15) is 87.4 Å². The number of rotatable bonds is 8. The summed E-state index contributed by atoms with van der Waals surface area (Å²) in [7, 11) is 1.73. The van der Waals surface area contributed by atoms with Crippen molar-refractivity contribution in [1.82, 2.24) is 4.90 Å². The van der Waals surface area contributed by atoms with Gasteiger partial charge in [-0.2, -0.15) is 4.02 Å². The van der Waals surface area contributed by atoms with E-state index in [1.165, 1.54) is 5.56 Å². The van der Waals surface area contributed by atoms with Crippen LogP contribution in [0.4, 0.5) is 0 Å². The molecule has 2 aromatic rings. The number of carbonyl (C=O) groups is 1. The topological polar surface area (TPSA) is 62.1 Å². The number of hydrogen-bond donors (Lipinski definition) is 1. The van der Waals surface area contributed by atoms with Gasteiger partial charge in [0, 0.05) is 42.9 Å². The zero-order valence-electron chi connectivity index (χ0n) is 22.8. The lowest BCUT2D eigenvalue weighted by Gasteiger charge is -2.28. The predicted molar refractivity (Wildman–Crippen MR) is 152 cm³/mol. The highest BCUT2D eigenvalue weighted by Gasteiger charge is 2.40. The van der Waals surface area contributed by atoms with E-state index >= 15 is 0 Å². The van der Waals surface area contributed by atoms with Crippen molar-refractivity contribution in [1.29, 1.82) is 0 Å². The molecule has 0 saturated carbocycles. The number of phenols is 1. The van der Waals surface area contributed by atoms with E-state index in [-0.39, 0.29) is 34.8 Å². The van der Waals surface area contributed by atoms with Gasteiger partial charge < -0.3 is 14.7 Å². The van der Waals surface area contributed by atoms with Crippen molar-refractivity contribution in [3.05, 3.63) is 64.7 Å². The van der Waals surface area contributed by atoms with Crippen LogP contribution in [-0.2, 0) is 15.6 Å². The summed E-state index contributed by atoms with van der Waals surface area (Å²) in [5.41, 5.74) is 2.86. The largest absolute Gasteiger partial charge is 0.507 e. The first-order valence-corrected chi connectivity index (χ1v) is 13.5. The molecule has 0 amide bonds. The van der Waals surface area contributed by atoms with Crippen LogP contribution in [0.25, 0.3) is 0 Å². The second-order valence-corrected chi connectivity index (χ2v) is 12.3. The third-order valence-electron chi connectivity index (χ3n) is 7.08. The molecule has 0 radical (unpaired) electrons. The number of amidine groups is 1. The number of nitrogens with zero attached hydrogens (tertiary/aromatic N) is 2. The molecule has 0 spiro atoms. The highest BCUT2D eigenvalue weighted by molar-refractivity contribution is 9.08. The number of methoxy groups -OCH3 is 1. The van der Waals surface area contributed by atoms with Crippen LogP contribution in [0, 0.1) is 5.92 Å². The molecule has 36 heavy (non-hydrogen) atoms. The van der Waals surface area contributed by atoms with E-state index in [4.69, 9.17) is 4.74 Å². The molecule has 1 N–H and O–H groups in total. The number of halogens is 1. The van der Waals surface area contributed by atoms with Crippen molar-refractivity contribution in [2.45, 2.75) is 71.1 Å². The van der Waals surface area contributed by atoms with Gasteiger partial charge in [-0.3, -0.25) is 4.79 Å². The van der Waals surface area contributed by atoms with E-state index in [0.717, 1.165) is 43.0 Å². The minimum Gasteiger partial charge on any atom is -0.507 e. The Morgan fingerprint density at radius 1 is 1.08 bits per heavy atom. The van der Waals surface area contributed by atoms with Gasteiger partial charge in [0.1, 0.15) is 11.6 Å². The quantitative estimate of drug-likeness (QED) is 0.280. The SMILES string of the molecule is COCCC[C@H]1CN(CC(=O)c2cc(C(C)(C)C)c(O)c(C(C)(C)C)c2)/C(=N\Br)[C@@H]1c1ccccc1. The van der Waals surface area contributed by atoms with Crippen LogP contribution in [0.2, 0.25) is 0 Å². The van der Waals surface area contributed by atoms with Crippen molar-refractivity contribution in [3.63, 3.8) is 0 Å². The lowest BCUT2D eigenvalue weighted by atomic mass is 9.78. The summed E-state index contributed by atoms with van der Waals surface area (Å²) in [5, 5.41) is 11.1. The van der Waals surface area contributed by atoms with Gasteiger partial charge >= 0.3 is 0 Å². The maximum Gasteiger partial charge on any atom is 0.182 e. The molecule has 1 aliphatic rings. The fraction of sp³-hybridized carbons (Fsp3) is 0.533. The van der Waals surface area contributed by atoms with E-state index in [1.54, 1.807) is 7.11 Å². The molecule has 2 aromatic carbocycles. The van der Waals surface area contributed by atoms with Crippen molar-refractivity contribution < 1.29 is 14.6 Å². The number of ether oxygens (including phenoxy) is 1. The zero-order valence-corrected chi connectivity index (χ0v) is 24.4. The lowest BCUT2D eigenvalue weighted by Crippen LogP contribution is -2.32. The van der Waals surface area contributed by atoms with Gasteiger partial charge in [0.05, 0.1) is 22.7 Å². The Labute approximate surface area is 225 Å². The molecular weight excluding hydrogens is 516 g/mol. The first-order valence-electron chi connectivity index (χ1n) is 12.8. The zero-order chi connectivity index (χ0) is 26.7. The second-order valence-electron chi connectivity index (χ2n) is 11.9. The lowest BCUT2D eigenvalue weighted by molar-refractivity contribution is 0.0962. The molecule has 1 aliphatic heterocycles. The Balaban J connectivity index is 1.95. The molecule has 3 rings (SSSR count). The minimum absolute atomic E-state index is 0.0315. The molecule has 1 saturated heterocycles. The third-order valence-corrected chi connectivity index (χ3v) is 7.44. The van der Waals surface area contributed by atoms with Crippen LogP contribution in [-0.4, -0.2) is 48.4 Å². The minimum atomic E-state index is -0.290. The molecule has 0 aromatic heterocycles.